The molecule has 0 spiro atoms. The van der Waals surface area contributed by atoms with Gasteiger partial charge in [0.15, 0.2) is 0 Å². The zero-order valence-corrected chi connectivity index (χ0v) is 12.7. The third-order valence-corrected chi connectivity index (χ3v) is 4.64. The van der Waals surface area contributed by atoms with Gasteiger partial charge in [-0.05, 0) is 30.7 Å². The van der Waals surface area contributed by atoms with Gasteiger partial charge in [0.1, 0.15) is 10.7 Å². The van der Waals surface area contributed by atoms with Gasteiger partial charge in [0.25, 0.3) is 21.7 Å². The molecule has 0 fully saturated rings. The molecule has 1 N–H and O–H groups in total. The van der Waals surface area contributed by atoms with E-state index in [1.807, 2.05) is 0 Å². The van der Waals surface area contributed by atoms with Crippen LogP contribution in [0.5, 0.6) is 0 Å². The molecule has 0 saturated carbocycles. The summed E-state index contributed by atoms with van der Waals surface area (Å²) in [6.45, 7) is 1.44. The van der Waals surface area contributed by atoms with Crippen LogP contribution in [0.25, 0.3) is 5.78 Å². The molecular formula is C12H9ClFN5O2S. The van der Waals surface area contributed by atoms with Crippen LogP contribution in [0.15, 0.2) is 35.5 Å². The second-order valence-electron chi connectivity index (χ2n) is 4.44. The number of benzene rings is 1. The van der Waals surface area contributed by atoms with Gasteiger partial charge in [0, 0.05) is 12.4 Å². The number of nitrogens with one attached hydrogen (secondary N) is 1. The van der Waals surface area contributed by atoms with E-state index in [1.54, 1.807) is 12.3 Å². The van der Waals surface area contributed by atoms with Crippen LogP contribution in [-0.2, 0) is 10.0 Å². The lowest BCUT2D eigenvalue weighted by atomic mass is 10.2. The predicted octanol–water partition coefficient (Wildman–Crippen LogP) is 2.03. The number of nitrogens with zero attached hydrogens (tertiary/aromatic N) is 4. The number of sulfonamides is 1. The number of anilines is 1. The average Bonchev–Trinajstić information content (AvgIpc) is 2.83. The molecule has 2 heterocycles. The quantitative estimate of drug-likeness (QED) is 0.787. The molecule has 22 heavy (non-hydrogen) atoms. The van der Waals surface area contributed by atoms with Crippen LogP contribution >= 0.6 is 11.6 Å². The molecule has 1 aromatic carbocycles. The lowest BCUT2D eigenvalue weighted by molar-refractivity contribution is 0.598. The van der Waals surface area contributed by atoms with Gasteiger partial charge in [-0.15, -0.1) is 5.10 Å². The van der Waals surface area contributed by atoms with Crippen molar-refractivity contribution in [2.75, 3.05) is 4.72 Å². The summed E-state index contributed by atoms with van der Waals surface area (Å²) >= 11 is 5.81. The molecule has 0 aliphatic carbocycles. The molecule has 0 aliphatic heterocycles. The Morgan fingerprint density at radius 3 is 2.86 bits per heavy atom. The minimum Gasteiger partial charge on any atom is -0.246 e. The van der Waals surface area contributed by atoms with Crippen LogP contribution in [0.2, 0.25) is 5.02 Å². The maximum Gasteiger partial charge on any atom is 0.265 e. The summed E-state index contributed by atoms with van der Waals surface area (Å²) in [6.07, 6.45) is 3.07. The topological polar surface area (TPSA) is 89.2 Å². The number of hydrogen-bond acceptors (Lipinski definition) is 5. The predicted molar refractivity (Wildman–Crippen MR) is 77.7 cm³/mol. The zero-order valence-electron chi connectivity index (χ0n) is 11.2. The first-order chi connectivity index (χ1) is 10.4. The highest BCUT2D eigenvalue weighted by Crippen LogP contribution is 2.26. The highest BCUT2D eigenvalue weighted by atomic mass is 35.5. The number of rotatable bonds is 3. The van der Waals surface area contributed by atoms with Crippen molar-refractivity contribution in [3.63, 3.8) is 0 Å². The lowest BCUT2D eigenvalue weighted by Crippen LogP contribution is -2.15. The Balaban J connectivity index is 2.01. The minimum absolute atomic E-state index is 0.156. The molecule has 2 aromatic heterocycles. The van der Waals surface area contributed by atoms with Crippen molar-refractivity contribution < 1.29 is 12.8 Å². The van der Waals surface area contributed by atoms with Crippen molar-refractivity contribution in [3.05, 3.63) is 47.0 Å². The maximum absolute atomic E-state index is 13.4. The van der Waals surface area contributed by atoms with E-state index in [4.69, 9.17) is 11.6 Å². The maximum atomic E-state index is 13.4. The molecule has 3 rings (SSSR count). The molecule has 10 heteroatoms. The first-order valence-corrected chi connectivity index (χ1v) is 7.89. The molecule has 0 saturated heterocycles. The van der Waals surface area contributed by atoms with E-state index in [0.717, 1.165) is 12.1 Å². The highest BCUT2D eigenvalue weighted by Gasteiger charge is 2.22. The molecule has 0 radical (unpaired) electrons. The first kappa shape index (κ1) is 14.7. The van der Waals surface area contributed by atoms with E-state index < -0.39 is 15.8 Å². The van der Waals surface area contributed by atoms with Crippen LogP contribution < -0.4 is 4.72 Å². The Labute approximate surface area is 129 Å². The third-order valence-electron chi connectivity index (χ3n) is 2.84. The summed E-state index contributed by atoms with van der Waals surface area (Å²) in [4.78, 5) is 7.60. The second kappa shape index (κ2) is 5.18. The van der Waals surface area contributed by atoms with Crippen LogP contribution in [0.4, 0.5) is 10.3 Å². The van der Waals surface area contributed by atoms with Crippen molar-refractivity contribution >= 4 is 33.4 Å². The van der Waals surface area contributed by atoms with Gasteiger partial charge in [0.2, 0.25) is 0 Å². The van der Waals surface area contributed by atoms with Gasteiger partial charge in [-0.3, -0.25) is 0 Å². The zero-order chi connectivity index (χ0) is 15.9. The van der Waals surface area contributed by atoms with Crippen molar-refractivity contribution in [3.8, 4) is 0 Å². The normalized spacial score (nSPS) is 11.8. The van der Waals surface area contributed by atoms with Gasteiger partial charge in [-0.1, -0.05) is 11.6 Å². The van der Waals surface area contributed by atoms with Gasteiger partial charge in [-0.25, -0.2) is 27.0 Å². The van der Waals surface area contributed by atoms with E-state index in [1.165, 1.54) is 17.6 Å². The van der Waals surface area contributed by atoms with Gasteiger partial charge >= 0.3 is 0 Å². The number of aromatic nitrogens is 4. The number of aryl methyl sites for hydroxylation is 1. The summed E-state index contributed by atoms with van der Waals surface area (Å²) in [5, 5.41) is 3.70. The van der Waals surface area contributed by atoms with E-state index in [0.29, 0.717) is 0 Å². The van der Waals surface area contributed by atoms with Crippen molar-refractivity contribution in [2.45, 2.75) is 11.8 Å². The molecule has 0 atom stereocenters. The van der Waals surface area contributed by atoms with Crippen LogP contribution in [-0.4, -0.2) is 28.0 Å². The smallest absolute Gasteiger partial charge is 0.246 e. The lowest BCUT2D eigenvalue weighted by Gasteiger charge is -2.08. The molecule has 0 bridgehead atoms. The van der Waals surface area contributed by atoms with Crippen molar-refractivity contribution in [1.82, 2.24) is 19.6 Å². The Hall–Kier alpha value is -2.26. The molecule has 0 aliphatic rings. The number of halogens is 2. The van der Waals surface area contributed by atoms with Gasteiger partial charge < -0.3 is 0 Å². The van der Waals surface area contributed by atoms with Crippen LogP contribution in [0.1, 0.15) is 5.56 Å². The first-order valence-electron chi connectivity index (χ1n) is 6.03. The van der Waals surface area contributed by atoms with Crippen molar-refractivity contribution in [2.24, 2.45) is 0 Å². The van der Waals surface area contributed by atoms with E-state index >= 15 is 0 Å². The molecule has 0 amide bonds. The summed E-state index contributed by atoms with van der Waals surface area (Å²) < 4.78 is 41.6. The molecule has 0 unspecified atom stereocenters. The highest BCUT2D eigenvalue weighted by molar-refractivity contribution is 7.92. The summed E-state index contributed by atoms with van der Waals surface area (Å²) in [5.41, 5.74) is 0.161. The SMILES string of the molecule is Cc1cc(S(=O)(=O)Nc2nc3ncccn3n2)c(Cl)cc1F. The van der Waals surface area contributed by atoms with Gasteiger partial charge in [-0.2, -0.15) is 4.98 Å². The Morgan fingerprint density at radius 1 is 1.36 bits per heavy atom. The number of fused-ring (bicyclic) bond motifs is 1. The minimum atomic E-state index is -4.05. The van der Waals surface area contributed by atoms with Crippen LogP contribution in [0, 0.1) is 12.7 Å². The Morgan fingerprint density at radius 2 is 2.14 bits per heavy atom. The second-order valence-corrected chi connectivity index (χ2v) is 6.50. The largest absolute Gasteiger partial charge is 0.265 e. The molecule has 114 valence electrons. The van der Waals surface area contributed by atoms with E-state index in [-0.39, 0.29) is 27.2 Å². The molecule has 3 aromatic rings. The fourth-order valence-electron chi connectivity index (χ4n) is 1.79. The fraction of sp³-hybridized carbons (Fsp3) is 0.0833. The molecular weight excluding hydrogens is 333 g/mol. The third kappa shape index (κ3) is 2.60. The Bertz CT molecular complexity index is 940. The average molecular weight is 342 g/mol. The standard InChI is InChI=1S/C12H9ClFN5O2S/c1-7-5-10(8(13)6-9(7)14)22(20,21)18-11-16-12-15-3-2-4-19(12)17-11/h2-6H,1H3,(H,17,18). The van der Waals surface area contributed by atoms with Crippen molar-refractivity contribution in [1.29, 1.82) is 0 Å². The van der Waals surface area contributed by atoms with Crippen LogP contribution in [0.3, 0.4) is 0 Å². The Kier molecular flexibility index (Phi) is 3.45. The van der Waals surface area contributed by atoms with E-state index in [2.05, 4.69) is 19.8 Å². The molecule has 7 nitrogen and oxygen atoms in total. The van der Waals surface area contributed by atoms with E-state index in [9.17, 15) is 12.8 Å². The fourth-order valence-corrected chi connectivity index (χ4v) is 3.33. The monoisotopic (exact) mass is 341 g/mol. The summed E-state index contributed by atoms with van der Waals surface area (Å²) in [7, 11) is -4.05. The van der Waals surface area contributed by atoms with Gasteiger partial charge in [0.05, 0.1) is 5.02 Å². The number of hydrogen-bond donors (Lipinski definition) is 1. The summed E-state index contributed by atoms with van der Waals surface area (Å²) in [6, 6.07) is 3.72. The summed E-state index contributed by atoms with van der Waals surface area (Å²) in [5.74, 6) is -0.502.